The topological polar surface area (TPSA) is 66.9 Å². The molecule has 0 radical (unpaired) electrons. The predicted molar refractivity (Wildman–Crippen MR) is 115 cm³/mol. The molecule has 2 aromatic carbocycles. The average molecular weight is 481 g/mol. The van der Waals surface area contributed by atoms with Crippen LogP contribution in [0.2, 0.25) is 0 Å². The summed E-state index contributed by atoms with van der Waals surface area (Å²) in [5.74, 6) is 0.846. The Hall–Kier alpha value is -1.90. The van der Waals surface area contributed by atoms with Crippen molar-refractivity contribution in [3.05, 3.63) is 58.6 Å². The lowest BCUT2D eigenvalue weighted by atomic mass is 10.2. The highest BCUT2D eigenvalue weighted by atomic mass is 79.9. The molecule has 0 spiro atoms. The van der Waals surface area contributed by atoms with E-state index in [9.17, 15) is 13.2 Å². The number of piperazine rings is 1. The molecule has 29 heavy (non-hydrogen) atoms. The summed E-state index contributed by atoms with van der Waals surface area (Å²) in [6.07, 6.45) is 1.02. The van der Waals surface area contributed by atoms with Gasteiger partial charge < -0.3 is 9.64 Å². The summed E-state index contributed by atoms with van der Waals surface area (Å²) in [4.78, 5) is 14.4. The third kappa shape index (κ3) is 5.58. The van der Waals surface area contributed by atoms with Gasteiger partial charge in [0, 0.05) is 37.1 Å². The minimum atomic E-state index is -3.57. The molecule has 0 unspecified atom stereocenters. The van der Waals surface area contributed by atoms with Gasteiger partial charge in [-0.3, -0.25) is 4.79 Å². The number of carbonyl (C=O) groups excluding carboxylic acids is 1. The summed E-state index contributed by atoms with van der Waals surface area (Å²) in [5.41, 5.74) is 1.13. The third-order valence-electron chi connectivity index (χ3n) is 4.84. The first kappa shape index (κ1) is 21.8. The summed E-state index contributed by atoms with van der Waals surface area (Å²) in [6.45, 7) is 3.89. The van der Waals surface area contributed by atoms with Crippen LogP contribution < -0.4 is 4.74 Å². The van der Waals surface area contributed by atoms with Gasteiger partial charge in [-0.25, -0.2) is 8.42 Å². The molecule has 1 fully saturated rings. The first-order valence-electron chi connectivity index (χ1n) is 9.60. The van der Waals surface area contributed by atoms with Gasteiger partial charge in [0.15, 0.2) is 0 Å². The van der Waals surface area contributed by atoms with Crippen LogP contribution in [0.25, 0.3) is 0 Å². The van der Waals surface area contributed by atoms with Crippen molar-refractivity contribution in [2.75, 3.05) is 32.8 Å². The molecule has 8 heteroatoms. The van der Waals surface area contributed by atoms with Crippen LogP contribution in [0.1, 0.15) is 18.4 Å². The average Bonchev–Trinajstić information content (AvgIpc) is 2.71. The van der Waals surface area contributed by atoms with Crippen molar-refractivity contribution in [3.8, 4) is 5.75 Å². The molecule has 1 aliphatic heterocycles. The summed E-state index contributed by atoms with van der Waals surface area (Å²) >= 11 is 3.31. The molecule has 1 amide bonds. The van der Waals surface area contributed by atoms with Gasteiger partial charge in [-0.15, -0.1) is 0 Å². The molecule has 0 saturated carbocycles. The van der Waals surface area contributed by atoms with Crippen LogP contribution >= 0.6 is 15.9 Å². The number of amides is 1. The fourth-order valence-corrected chi connectivity index (χ4v) is 5.63. The van der Waals surface area contributed by atoms with Crippen molar-refractivity contribution in [3.63, 3.8) is 0 Å². The smallest absolute Gasteiger partial charge is 0.244 e. The van der Waals surface area contributed by atoms with E-state index < -0.39 is 10.0 Å². The number of hydrogen-bond donors (Lipinski definition) is 0. The number of sulfonamides is 1. The Bertz CT molecular complexity index is 957. The molecule has 6 nitrogen and oxygen atoms in total. The second-order valence-electron chi connectivity index (χ2n) is 6.98. The van der Waals surface area contributed by atoms with Crippen LogP contribution in [0, 0.1) is 6.92 Å². The van der Waals surface area contributed by atoms with E-state index in [-0.39, 0.29) is 10.8 Å². The molecule has 1 saturated heterocycles. The van der Waals surface area contributed by atoms with E-state index in [2.05, 4.69) is 15.9 Å². The lowest BCUT2D eigenvalue weighted by Gasteiger charge is -2.34. The number of aryl methyl sites for hydroxylation is 1. The van der Waals surface area contributed by atoms with E-state index in [1.807, 2.05) is 31.2 Å². The van der Waals surface area contributed by atoms with Gasteiger partial charge in [0.1, 0.15) is 5.75 Å². The molecule has 1 heterocycles. The number of ether oxygens (including phenoxy) is 1. The SMILES string of the molecule is Cc1cccc(OCCCC(=O)N2CCN(S(=O)(=O)c3ccccc3Br)CC2)c1. The molecule has 0 aromatic heterocycles. The first-order valence-corrected chi connectivity index (χ1v) is 11.8. The first-order chi connectivity index (χ1) is 13.9. The highest BCUT2D eigenvalue weighted by Crippen LogP contribution is 2.25. The van der Waals surface area contributed by atoms with Gasteiger partial charge in [0.05, 0.1) is 11.5 Å². The minimum absolute atomic E-state index is 0.0378. The van der Waals surface area contributed by atoms with E-state index >= 15 is 0 Å². The molecule has 0 aliphatic carbocycles. The standard InChI is InChI=1S/C21H25BrN2O4S/c1-17-6-4-7-18(16-17)28-15-5-10-21(25)23-11-13-24(14-12-23)29(26,27)20-9-3-2-8-19(20)22/h2-4,6-9,16H,5,10-15H2,1H3. The molecule has 156 valence electrons. The number of carbonyl (C=O) groups is 1. The zero-order valence-electron chi connectivity index (χ0n) is 16.4. The van der Waals surface area contributed by atoms with Crippen LogP contribution in [0.4, 0.5) is 0 Å². The molecule has 1 aliphatic rings. The lowest BCUT2D eigenvalue weighted by molar-refractivity contribution is -0.132. The Morgan fingerprint density at radius 1 is 1.07 bits per heavy atom. The van der Waals surface area contributed by atoms with Crippen LogP contribution in [-0.4, -0.2) is 56.3 Å². The molecule has 0 bridgehead atoms. The van der Waals surface area contributed by atoms with Gasteiger partial charge in [-0.1, -0.05) is 24.3 Å². The number of nitrogens with zero attached hydrogens (tertiary/aromatic N) is 2. The molecule has 3 rings (SSSR count). The van der Waals surface area contributed by atoms with E-state index in [4.69, 9.17) is 4.74 Å². The Labute approximate surface area is 180 Å². The second-order valence-corrected chi connectivity index (χ2v) is 9.74. The Balaban J connectivity index is 1.45. The number of benzene rings is 2. The highest BCUT2D eigenvalue weighted by Gasteiger charge is 2.30. The van der Waals surface area contributed by atoms with Crippen LogP contribution in [0.15, 0.2) is 57.9 Å². The number of hydrogen-bond acceptors (Lipinski definition) is 4. The molecule has 0 atom stereocenters. The summed E-state index contributed by atoms with van der Waals surface area (Å²) < 4.78 is 33.3. The zero-order chi connectivity index (χ0) is 20.9. The molecule has 2 aromatic rings. The number of halogens is 1. The van der Waals surface area contributed by atoms with Gasteiger partial charge >= 0.3 is 0 Å². The summed E-state index contributed by atoms with van der Waals surface area (Å²) in [5, 5.41) is 0. The summed E-state index contributed by atoms with van der Waals surface area (Å²) in [7, 11) is -3.57. The van der Waals surface area contributed by atoms with Crippen molar-refractivity contribution in [2.45, 2.75) is 24.7 Å². The third-order valence-corrected chi connectivity index (χ3v) is 7.75. The van der Waals surface area contributed by atoms with Gasteiger partial charge in [0.25, 0.3) is 0 Å². The van der Waals surface area contributed by atoms with Gasteiger partial charge in [-0.2, -0.15) is 4.31 Å². The highest BCUT2D eigenvalue weighted by molar-refractivity contribution is 9.10. The monoisotopic (exact) mass is 480 g/mol. The van der Waals surface area contributed by atoms with Crippen molar-refractivity contribution < 1.29 is 17.9 Å². The molecular formula is C21H25BrN2O4S. The van der Waals surface area contributed by atoms with Crippen molar-refractivity contribution in [1.29, 1.82) is 0 Å². The fourth-order valence-electron chi connectivity index (χ4n) is 3.25. The van der Waals surface area contributed by atoms with Crippen molar-refractivity contribution >= 4 is 31.9 Å². The normalized spacial score (nSPS) is 15.3. The van der Waals surface area contributed by atoms with E-state index in [0.717, 1.165) is 11.3 Å². The van der Waals surface area contributed by atoms with Gasteiger partial charge in [-0.05, 0) is 59.1 Å². The van der Waals surface area contributed by atoms with Crippen LogP contribution in [-0.2, 0) is 14.8 Å². The Morgan fingerprint density at radius 3 is 2.48 bits per heavy atom. The van der Waals surface area contributed by atoms with Crippen molar-refractivity contribution in [1.82, 2.24) is 9.21 Å². The second kappa shape index (κ2) is 9.73. The van der Waals surface area contributed by atoms with E-state index in [0.29, 0.717) is 50.1 Å². The predicted octanol–water partition coefficient (Wildman–Crippen LogP) is 3.45. The van der Waals surface area contributed by atoms with Crippen LogP contribution in [0.5, 0.6) is 5.75 Å². The van der Waals surface area contributed by atoms with E-state index in [1.165, 1.54) is 4.31 Å². The maximum absolute atomic E-state index is 12.8. The Morgan fingerprint density at radius 2 is 1.79 bits per heavy atom. The maximum atomic E-state index is 12.8. The number of rotatable bonds is 7. The zero-order valence-corrected chi connectivity index (χ0v) is 18.8. The lowest BCUT2D eigenvalue weighted by Crippen LogP contribution is -2.50. The summed E-state index contributed by atoms with van der Waals surface area (Å²) in [6, 6.07) is 14.6. The minimum Gasteiger partial charge on any atom is -0.494 e. The van der Waals surface area contributed by atoms with E-state index in [1.54, 1.807) is 29.2 Å². The quantitative estimate of drug-likeness (QED) is 0.569. The van der Waals surface area contributed by atoms with Crippen molar-refractivity contribution in [2.24, 2.45) is 0 Å². The molecular weight excluding hydrogens is 456 g/mol. The maximum Gasteiger partial charge on any atom is 0.244 e. The van der Waals surface area contributed by atoms with Crippen LogP contribution in [0.3, 0.4) is 0 Å². The largest absolute Gasteiger partial charge is 0.494 e. The molecule has 0 N–H and O–H groups in total. The van der Waals surface area contributed by atoms with Gasteiger partial charge in [0.2, 0.25) is 15.9 Å². The fraction of sp³-hybridized carbons (Fsp3) is 0.381. The Kier molecular flexibility index (Phi) is 7.32.